The van der Waals surface area contributed by atoms with Gasteiger partial charge in [-0.25, -0.2) is 0 Å². The highest BCUT2D eigenvalue weighted by Gasteiger charge is 2.10. The number of amides is 1. The first-order chi connectivity index (χ1) is 6.66. The largest absolute Gasteiger partial charge is 0.490 e. The first kappa shape index (κ1) is 10.8. The van der Waals surface area contributed by atoms with E-state index in [1.165, 1.54) is 6.07 Å². The van der Waals surface area contributed by atoms with Crippen LogP contribution in [0, 0.1) is 0 Å². The van der Waals surface area contributed by atoms with Gasteiger partial charge in [0.2, 0.25) is 5.91 Å². The summed E-state index contributed by atoms with van der Waals surface area (Å²) in [6.45, 7) is 0.0130. The molecule has 0 aliphatic heterocycles. The number of benzene rings is 1. The van der Waals surface area contributed by atoms with Gasteiger partial charge >= 0.3 is 0 Å². The van der Waals surface area contributed by atoms with Gasteiger partial charge in [-0.2, -0.15) is 0 Å². The first-order valence-corrected chi connectivity index (χ1v) is 4.36. The van der Waals surface area contributed by atoms with E-state index in [2.05, 4.69) is 0 Å². The topological polar surface area (TPSA) is 72.6 Å². The summed E-state index contributed by atoms with van der Waals surface area (Å²) in [5.74, 6) is -0.263. The number of halogens is 1. The van der Waals surface area contributed by atoms with Crippen LogP contribution in [-0.2, 0) is 0 Å². The number of ether oxygens (including phenoxy) is 1. The second kappa shape index (κ2) is 4.83. The van der Waals surface area contributed by atoms with Crippen LogP contribution in [0.2, 0.25) is 5.02 Å². The molecule has 1 aromatic rings. The molecule has 3 N–H and O–H groups in total. The van der Waals surface area contributed by atoms with Crippen molar-refractivity contribution in [1.82, 2.24) is 0 Å². The molecule has 0 fully saturated rings. The van der Waals surface area contributed by atoms with Gasteiger partial charge in [0.25, 0.3) is 0 Å². The van der Waals surface area contributed by atoms with E-state index in [0.29, 0.717) is 5.75 Å². The van der Waals surface area contributed by atoms with Crippen LogP contribution in [0.15, 0.2) is 18.2 Å². The number of carbonyl (C=O) groups excluding carboxylic acids is 1. The molecule has 0 bridgehead atoms. The number of hydrogen-bond donors (Lipinski definition) is 2. The normalized spacial score (nSPS) is 9.86. The molecule has 5 heteroatoms. The Kier molecular flexibility index (Phi) is 3.73. The van der Waals surface area contributed by atoms with E-state index in [1.54, 1.807) is 12.1 Å². The second-order valence-corrected chi connectivity index (χ2v) is 2.93. The molecular formula is C9H10ClNO3. The van der Waals surface area contributed by atoms with Crippen LogP contribution in [0.1, 0.15) is 10.4 Å². The van der Waals surface area contributed by atoms with E-state index >= 15 is 0 Å². The number of carbonyl (C=O) groups is 1. The molecule has 0 heterocycles. The van der Waals surface area contributed by atoms with Crippen LogP contribution in [0.4, 0.5) is 0 Å². The minimum atomic E-state index is -0.607. The summed E-state index contributed by atoms with van der Waals surface area (Å²) in [4.78, 5) is 10.9. The molecule has 1 amide bonds. The highest BCUT2D eigenvalue weighted by atomic mass is 35.5. The Hall–Kier alpha value is -1.26. The molecule has 1 aromatic carbocycles. The van der Waals surface area contributed by atoms with Gasteiger partial charge < -0.3 is 15.6 Å². The van der Waals surface area contributed by atoms with Crippen LogP contribution < -0.4 is 10.5 Å². The van der Waals surface area contributed by atoms with Gasteiger partial charge in [0.1, 0.15) is 12.4 Å². The van der Waals surface area contributed by atoms with Crippen molar-refractivity contribution in [3.8, 4) is 5.75 Å². The van der Waals surface area contributed by atoms with Crippen LogP contribution >= 0.6 is 11.6 Å². The standard InChI is InChI=1S/C9H10ClNO3/c10-8-6(9(11)13)2-1-3-7(8)14-5-4-12/h1-3,12H,4-5H2,(H2,11,13). The molecule has 0 saturated heterocycles. The number of aliphatic hydroxyl groups excluding tert-OH is 1. The molecule has 0 unspecified atom stereocenters. The monoisotopic (exact) mass is 215 g/mol. The van der Waals surface area contributed by atoms with Crippen molar-refractivity contribution < 1.29 is 14.6 Å². The Bertz CT molecular complexity index is 341. The summed E-state index contributed by atoms with van der Waals surface area (Å²) in [5, 5.41) is 8.71. The van der Waals surface area contributed by atoms with Crippen LogP contribution in [0.5, 0.6) is 5.75 Å². The fraction of sp³-hybridized carbons (Fsp3) is 0.222. The first-order valence-electron chi connectivity index (χ1n) is 3.98. The molecule has 4 nitrogen and oxygen atoms in total. The molecule has 1 rings (SSSR count). The average Bonchev–Trinajstić information content (AvgIpc) is 2.16. The zero-order chi connectivity index (χ0) is 10.6. The minimum Gasteiger partial charge on any atom is -0.490 e. The minimum absolute atomic E-state index is 0.114. The Morgan fingerprint density at radius 3 is 2.86 bits per heavy atom. The van der Waals surface area contributed by atoms with Crippen molar-refractivity contribution in [2.45, 2.75) is 0 Å². The van der Waals surface area contributed by atoms with Gasteiger partial charge in [-0.15, -0.1) is 0 Å². The smallest absolute Gasteiger partial charge is 0.250 e. The summed E-state index contributed by atoms with van der Waals surface area (Å²) in [5.41, 5.74) is 5.29. The summed E-state index contributed by atoms with van der Waals surface area (Å²) in [6, 6.07) is 4.72. The molecule has 0 atom stereocenters. The quantitative estimate of drug-likeness (QED) is 0.781. The van der Waals surface area contributed by atoms with Gasteiger partial charge in [0.15, 0.2) is 0 Å². The Morgan fingerprint density at radius 2 is 2.29 bits per heavy atom. The van der Waals surface area contributed by atoms with Crippen LogP contribution in [0.25, 0.3) is 0 Å². The molecule has 0 aromatic heterocycles. The third kappa shape index (κ3) is 2.37. The molecule has 0 aliphatic carbocycles. The molecule has 0 radical (unpaired) electrons. The lowest BCUT2D eigenvalue weighted by Crippen LogP contribution is -2.12. The van der Waals surface area contributed by atoms with Gasteiger partial charge in [0, 0.05) is 0 Å². The summed E-state index contributed by atoms with van der Waals surface area (Å²) < 4.78 is 5.09. The van der Waals surface area contributed by atoms with E-state index in [-0.39, 0.29) is 23.8 Å². The third-order valence-electron chi connectivity index (χ3n) is 1.58. The van der Waals surface area contributed by atoms with Crippen molar-refractivity contribution in [2.24, 2.45) is 5.73 Å². The maximum atomic E-state index is 10.9. The fourth-order valence-corrected chi connectivity index (χ4v) is 1.24. The van der Waals surface area contributed by atoms with E-state index in [4.69, 9.17) is 27.2 Å². The van der Waals surface area contributed by atoms with Crippen molar-refractivity contribution in [2.75, 3.05) is 13.2 Å². The Labute approximate surface area is 86.2 Å². The number of primary amides is 1. The van der Waals surface area contributed by atoms with Gasteiger partial charge in [0.05, 0.1) is 17.2 Å². The van der Waals surface area contributed by atoms with Crippen molar-refractivity contribution in [1.29, 1.82) is 0 Å². The third-order valence-corrected chi connectivity index (χ3v) is 1.97. The van der Waals surface area contributed by atoms with E-state index < -0.39 is 5.91 Å². The second-order valence-electron chi connectivity index (χ2n) is 2.55. The Balaban J connectivity index is 2.95. The Morgan fingerprint density at radius 1 is 1.57 bits per heavy atom. The van der Waals surface area contributed by atoms with E-state index in [9.17, 15) is 4.79 Å². The van der Waals surface area contributed by atoms with Gasteiger partial charge in [-0.3, -0.25) is 4.79 Å². The molecule has 76 valence electrons. The van der Waals surface area contributed by atoms with Gasteiger partial charge in [-0.1, -0.05) is 17.7 Å². The molecule has 14 heavy (non-hydrogen) atoms. The van der Waals surface area contributed by atoms with Crippen LogP contribution in [-0.4, -0.2) is 24.2 Å². The number of aliphatic hydroxyl groups is 1. The summed E-state index contributed by atoms with van der Waals surface area (Å²) in [6.07, 6.45) is 0. The molecule has 0 aliphatic rings. The lowest BCUT2D eigenvalue weighted by molar-refractivity contribution is 0.1000. The van der Waals surface area contributed by atoms with Crippen LogP contribution in [0.3, 0.4) is 0 Å². The van der Waals surface area contributed by atoms with E-state index in [0.717, 1.165) is 0 Å². The number of nitrogens with two attached hydrogens (primary N) is 1. The predicted octanol–water partition coefficient (Wildman–Crippen LogP) is 0.810. The van der Waals surface area contributed by atoms with Crippen molar-refractivity contribution >= 4 is 17.5 Å². The number of hydrogen-bond acceptors (Lipinski definition) is 3. The highest BCUT2D eigenvalue weighted by molar-refractivity contribution is 6.35. The van der Waals surface area contributed by atoms with Crippen molar-refractivity contribution in [3.05, 3.63) is 28.8 Å². The fourth-order valence-electron chi connectivity index (χ4n) is 0.968. The molecular weight excluding hydrogens is 206 g/mol. The predicted molar refractivity (Wildman–Crippen MR) is 52.6 cm³/mol. The number of rotatable bonds is 4. The van der Waals surface area contributed by atoms with E-state index in [1.807, 2.05) is 0 Å². The summed E-state index contributed by atoms with van der Waals surface area (Å²) in [7, 11) is 0. The summed E-state index contributed by atoms with van der Waals surface area (Å²) >= 11 is 5.83. The van der Waals surface area contributed by atoms with Gasteiger partial charge in [-0.05, 0) is 12.1 Å². The zero-order valence-electron chi connectivity index (χ0n) is 7.37. The highest BCUT2D eigenvalue weighted by Crippen LogP contribution is 2.27. The molecule has 0 spiro atoms. The lowest BCUT2D eigenvalue weighted by atomic mass is 10.2. The average molecular weight is 216 g/mol. The molecule has 0 saturated carbocycles. The van der Waals surface area contributed by atoms with Crippen molar-refractivity contribution in [3.63, 3.8) is 0 Å². The maximum absolute atomic E-state index is 10.9. The SMILES string of the molecule is NC(=O)c1cccc(OCCO)c1Cl. The lowest BCUT2D eigenvalue weighted by Gasteiger charge is -2.08. The maximum Gasteiger partial charge on any atom is 0.250 e. The zero-order valence-corrected chi connectivity index (χ0v) is 8.12.